The van der Waals surface area contributed by atoms with Gasteiger partial charge >= 0.3 is 0 Å². The molecule has 142 valence electrons. The number of anilines is 1. The summed E-state index contributed by atoms with van der Waals surface area (Å²) in [5.74, 6) is -0.828. The third-order valence-electron chi connectivity index (χ3n) is 4.30. The van der Waals surface area contributed by atoms with Gasteiger partial charge in [0.05, 0.1) is 5.57 Å². The molecule has 0 saturated carbocycles. The van der Waals surface area contributed by atoms with E-state index in [4.69, 9.17) is 0 Å². The molecule has 0 bridgehead atoms. The molecule has 0 aliphatic carbocycles. The van der Waals surface area contributed by atoms with Crippen LogP contribution in [0.3, 0.4) is 0 Å². The standard InChI is InChI=1S/C21H20N4O3/c1-13-7-9-23-17(11-13)18(26)12-14-3-5-15(6-4-14)25-20(27)16-8-10-24-19(16)21(28)22-2/h3-7,9-11H,8,12H2,1-2H3,(H,22,28)(H,25,27). The molecule has 1 aliphatic heterocycles. The van der Waals surface area contributed by atoms with E-state index in [0.29, 0.717) is 23.4 Å². The minimum absolute atomic E-state index is 0.0658. The van der Waals surface area contributed by atoms with Crippen molar-refractivity contribution in [3.8, 4) is 0 Å². The number of ketones is 1. The molecule has 1 aromatic heterocycles. The van der Waals surface area contributed by atoms with Crippen LogP contribution in [0.4, 0.5) is 5.69 Å². The lowest BCUT2D eigenvalue weighted by Crippen LogP contribution is -2.23. The van der Waals surface area contributed by atoms with Crippen LogP contribution in [0, 0.1) is 6.92 Å². The largest absolute Gasteiger partial charge is 0.354 e. The number of nitrogens with one attached hydrogen (secondary N) is 2. The summed E-state index contributed by atoms with van der Waals surface area (Å²) in [6, 6.07) is 10.6. The molecule has 7 nitrogen and oxygen atoms in total. The van der Waals surface area contributed by atoms with Gasteiger partial charge in [-0.25, -0.2) is 0 Å². The number of likely N-dealkylation sites (N-methyl/N-ethyl adjacent to an activating group) is 1. The van der Waals surface area contributed by atoms with Crippen molar-refractivity contribution in [2.24, 2.45) is 4.99 Å². The SMILES string of the molecule is CNC(=O)C1=C(C(=O)Nc2ccc(CC(=O)c3cc(C)ccn3)cc2)CC=N1. The van der Waals surface area contributed by atoms with E-state index in [-0.39, 0.29) is 23.8 Å². The van der Waals surface area contributed by atoms with Crippen molar-refractivity contribution in [3.05, 3.63) is 70.7 Å². The van der Waals surface area contributed by atoms with Crippen LogP contribution < -0.4 is 10.6 Å². The maximum absolute atomic E-state index is 12.4. The molecule has 0 spiro atoms. The first-order valence-corrected chi connectivity index (χ1v) is 8.82. The maximum Gasteiger partial charge on any atom is 0.270 e. The van der Waals surface area contributed by atoms with Gasteiger partial charge in [0.2, 0.25) is 0 Å². The van der Waals surface area contributed by atoms with Crippen LogP contribution in [0.25, 0.3) is 0 Å². The number of nitrogens with zero attached hydrogens (tertiary/aromatic N) is 2. The summed E-state index contributed by atoms with van der Waals surface area (Å²) >= 11 is 0. The highest BCUT2D eigenvalue weighted by atomic mass is 16.2. The number of amides is 2. The average Bonchev–Trinajstić information content (AvgIpc) is 3.19. The van der Waals surface area contributed by atoms with E-state index in [0.717, 1.165) is 11.1 Å². The zero-order valence-electron chi connectivity index (χ0n) is 15.7. The number of rotatable bonds is 6. The fraction of sp³-hybridized carbons (Fsp3) is 0.190. The summed E-state index contributed by atoms with van der Waals surface area (Å²) in [4.78, 5) is 44.6. The molecule has 0 fully saturated rings. The van der Waals surface area contributed by atoms with Crippen LogP contribution in [0.15, 0.2) is 58.9 Å². The summed E-state index contributed by atoms with van der Waals surface area (Å²) in [6.07, 6.45) is 3.69. The van der Waals surface area contributed by atoms with Gasteiger partial charge in [-0.05, 0) is 42.3 Å². The lowest BCUT2D eigenvalue weighted by Gasteiger charge is -2.08. The molecule has 1 aromatic carbocycles. The van der Waals surface area contributed by atoms with Gasteiger partial charge in [0.25, 0.3) is 11.8 Å². The van der Waals surface area contributed by atoms with E-state index < -0.39 is 5.91 Å². The lowest BCUT2D eigenvalue weighted by atomic mass is 10.1. The molecule has 0 saturated heterocycles. The van der Waals surface area contributed by atoms with E-state index >= 15 is 0 Å². The van der Waals surface area contributed by atoms with Gasteiger partial charge in [0, 0.05) is 38.0 Å². The minimum Gasteiger partial charge on any atom is -0.354 e. The molecule has 2 heterocycles. The summed E-state index contributed by atoms with van der Waals surface area (Å²) in [5, 5.41) is 5.23. The van der Waals surface area contributed by atoms with E-state index in [2.05, 4.69) is 20.6 Å². The first-order valence-electron chi connectivity index (χ1n) is 8.82. The van der Waals surface area contributed by atoms with Crippen LogP contribution in [0.2, 0.25) is 0 Å². The van der Waals surface area contributed by atoms with Crippen molar-refractivity contribution in [3.63, 3.8) is 0 Å². The summed E-state index contributed by atoms with van der Waals surface area (Å²) in [6.45, 7) is 1.91. The number of hydrogen-bond donors (Lipinski definition) is 2. The molecule has 2 N–H and O–H groups in total. The highest BCUT2D eigenvalue weighted by Gasteiger charge is 2.23. The number of aromatic nitrogens is 1. The molecule has 1 aliphatic rings. The third-order valence-corrected chi connectivity index (χ3v) is 4.30. The average molecular weight is 376 g/mol. The first-order chi connectivity index (χ1) is 13.5. The Kier molecular flexibility index (Phi) is 5.74. The molecule has 0 unspecified atom stereocenters. The Hall–Kier alpha value is -3.61. The van der Waals surface area contributed by atoms with E-state index in [9.17, 15) is 14.4 Å². The van der Waals surface area contributed by atoms with E-state index in [1.807, 2.05) is 13.0 Å². The topological polar surface area (TPSA) is 101 Å². The molecule has 2 aromatic rings. The smallest absolute Gasteiger partial charge is 0.270 e. The number of hydrogen-bond acceptors (Lipinski definition) is 5. The number of aryl methyl sites for hydroxylation is 1. The van der Waals surface area contributed by atoms with Crippen LogP contribution in [-0.4, -0.2) is 35.8 Å². The van der Waals surface area contributed by atoms with Gasteiger partial charge in [0.15, 0.2) is 5.78 Å². The molecule has 0 radical (unpaired) electrons. The molecule has 7 heteroatoms. The van der Waals surface area contributed by atoms with Crippen molar-refractivity contribution in [1.29, 1.82) is 0 Å². The highest BCUT2D eigenvalue weighted by Crippen LogP contribution is 2.19. The van der Waals surface area contributed by atoms with Crippen molar-refractivity contribution >= 4 is 29.5 Å². The van der Waals surface area contributed by atoms with Gasteiger partial charge in [-0.3, -0.25) is 24.4 Å². The quantitative estimate of drug-likeness (QED) is 0.755. The van der Waals surface area contributed by atoms with Gasteiger partial charge < -0.3 is 10.6 Å². The number of carbonyl (C=O) groups is 3. The number of benzene rings is 1. The minimum atomic E-state index is -0.391. The predicted octanol–water partition coefficient (Wildman–Crippen LogP) is 2.23. The second-order valence-corrected chi connectivity index (χ2v) is 6.39. The Morgan fingerprint density at radius 2 is 1.82 bits per heavy atom. The number of Topliss-reactive ketones (excluding diaryl/α,β-unsaturated/α-hetero) is 1. The predicted molar refractivity (Wildman–Crippen MR) is 106 cm³/mol. The van der Waals surface area contributed by atoms with E-state index in [1.165, 1.54) is 13.3 Å². The lowest BCUT2D eigenvalue weighted by molar-refractivity contribution is -0.118. The summed E-state index contributed by atoms with van der Waals surface area (Å²) in [7, 11) is 1.49. The van der Waals surface area contributed by atoms with Gasteiger partial charge in [-0.1, -0.05) is 12.1 Å². The Morgan fingerprint density at radius 1 is 1.07 bits per heavy atom. The fourth-order valence-corrected chi connectivity index (χ4v) is 2.79. The molecular weight excluding hydrogens is 356 g/mol. The number of pyridine rings is 1. The van der Waals surface area contributed by atoms with Gasteiger partial charge in [0.1, 0.15) is 11.4 Å². The van der Waals surface area contributed by atoms with Gasteiger partial charge in [-0.2, -0.15) is 0 Å². The summed E-state index contributed by atoms with van der Waals surface area (Å²) in [5.41, 5.74) is 3.27. The zero-order chi connectivity index (χ0) is 20.1. The zero-order valence-corrected chi connectivity index (χ0v) is 15.7. The van der Waals surface area contributed by atoms with Crippen LogP contribution in [0.1, 0.15) is 28.0 Å². The van der Waals surface area contributed by atoms with Crippen LogP contribution in [0.5, 0.6) is 0 Å². The van der Waals surface area contributed by atoms with Crippen molar-refractivity contribution in [2.75, 3.05) is 12.4 Å². The second kappa shape index (κ2) is 8.39. The third kappa shape index (κ3) is 4.37. The fourth-order valence-electron chi connectivity index (χ4n) is 2.79. The van der Waals surface area contributed by atoms with Crippen molar-refractivity contribution < 1.29 is 14.4 Å². The van der Waals surface area contributed by atoms with E-state index in [1.54, 1.807) is 36.5 Å². The first kappa shape index (κ1) is 19.2. The molecule has 0 atom stereocenters. The van der Waals surface area contributed by atoms with Crippen LogP contribution >= 0.6 is 0 Å². The second-order valence-electron chi connectivity index (χ2n) is 6.39. The van der Waals surface area contributed by atoms with Crippen molar-refractivity contribution in [1.82, 2.24) is 10.3 Å². The summed E-state index contributed by atoms with van der Waals surface area (Å²) < 4.78 is 0. The molecule has 3 rings (SSSR count). The maximum atomic E-state index is 12.4. The monoisotopic (exact) mass is 376 g/mol. The normalized spacial score (nSPS) is 12.8. The van der Waals surface area contributed by atoms with Gasteiger partial charge in [-0.15, -0.1) is 0 Å². The molecular formula is C21H20N4O3. The Balaban J connectivity index is 1.65. The highest BCUT2D eigenvalue weighted by molar-refractivity contribution is 6.13. The molecule has 2 amide bonds. The Bertz CT molecular complexity index is 991. The van der Waals surface area contributed by atoms with Crippen molar-refractivity contribution in [2.45, 2.75) is 19.8 Å². The number of aliphatic imine (C=N–C) groups is 1. The Labute approximate surface area is 162 Å². The molecule has 28 heavy (non-hydrogen) atoms. The Morgan fingerprint density at radius 3 is 2.50 bits per heavy atom. The number of carbonyl (C=O) groups excluding carboxylic acids is 3. The van der Waals surface area contributed by atoms with Crippen LogP contribution in [-0.2, 0) is 16.0 Å².